The van der Waals surface area contributed by atoms with Crippen LogP contribution in [-0.4, -0.2) is 92.5 Å². The van der Waals surface area contributed by atoms with Crippen LogP contribution in [0, 0.1) is 15.4 Å². The summed E-state index contributed by atoms with van der Waals surface area (Å²) >= 11 is 1.58. The maximum Gasteiger partial charge on any atom is 0.335 e. The molecule has 0 aliphatic heterocycles. The van der Waals surface area contributed by atoms with E-state index in [2.05, 4.69) is 31.6 Å². The van der Waals surface area contributed by atoms with Crippen molar-refractivity contribution >= 4 is 63.8 Å². The molecule has 55 heavy (non-hydrogen) atoms. The molecular weight excluding hydrogens is 831 g/mol. The SMILES string of the molecule is CC(C)C[C@H](NC(=O)[C@@H](NC(=O)[C@@H](N)CNC(=O)c1[nH]c(=O)[nH]c(=O)c1I)C(C)C)C(=O)N[C@@H](Cc1ccccc1)[C@@H](O)C(=O)Nc1cccc(C(=O)O)c1. The normalized spacial score (nSPS) is 13.8. The van der Waals surface area contributed by atoms with Crippen molar-refractivity contribution in [3.63, 3.8) is 0 Å². The van der Waals surface area contributed by atoms with Crippen molar-refractivity contribution in [2.75, 3.05) is 11.9 Å². The van der Waals surface area contributed by atoms with E-state index in [4.69, 9.17) is 5.73 Å². The lowest BCUT2D eigenvalue weighted by Gasteiger charge is -2.29. The Kier molecular flexibility index (Phi) is 16.3. The second kappa shape index (κ2) is 20.3. The number of nitrogens with two attached hydrogens (primary N) is 1. The number of aromatic nitrogens is 2. The minimum Gasteiger partial charge on any atom is -0.478 e. The van der Waals surface area contributed by atoms with E-state index in [1.807, 2.05) is 18.8 Å². The number of rotatable bonds is 18. The van der Waals surface area contributed by atoms with Crippen LogP contribution in [-0.2, 0) is 25.6 Å². The van der Waals surface area contributed by atoms with Gasteiger partial charge in [0.25, 0.3) is 17.4 Å². The van der Waals surface area contributed by atoms with E-state index >= 15 is 0 Å². The lowest BCUT2D eigenvalue weighted by molar-refractivity contribution is -0.134. The number of aromatic carboxylic acids is 1. The van der Waals surface area contributed by atoms with Crippen molar-refractivity contribution in [2.24, 2.45) is 17.6 Å². The van der Waals surface area contributed by atoms with Crippen LogP contribution in [0.4, 0.5) is 5.69 Å². The second-order valence-corrected chi connectivity index (χ2v) is 14.5. The molecule has 3 rings (SSSR count). The van der Waals surface area contributed by atoms with Crippen LogP contribution < -0.4 is 43.6 Å². The fraction of sp³-hybridized carbons (Fsp3) is 0.389. The predicted molar refractivity (Wildman–Crippen MR) is 209 cm³/mol. The van der Waals surface area contributed by atoms with Crippen molar-refractivity contribution in [1.29, 1.82) is 0 Å². The van der Waals surface area contributed by atoms with Gasteiger partial charge in [0.2, 0.25) is 17.7 Å². The third-order valence-electron chi connectivity index (χ3n) is 8.17. The van der Waals surface area contributed by atoms with E-state index in [-0.39, 0.29) is 39.3 Å². The van der Waals surface area contributed by atoms with Gasteiger partial charge in [-0.1, -0.05) is 64.1 Å². The molecule has 0 fully saturated rings. The third-order valence-corrected chi connectivity index (χ3v) is 9.20. The summed E-state index contributed by atoms with van der Waals surface area (Å²) in [7, 11) is 0. The van der Waals surface area contributed by atoms with Gasteiger partial charge >= 0.3 is 11.7 Å². The summed E-state index contributed by atoms with van der Waals surface area (Å²) in [6.45, 7) is 6.51. The van der Waals surface area contributed by atoms with Gasteiger partial charge in [0.15, 0.2) is 6.10 Å². The van der Waals surface area contributed by atoms with Crippen molar-refractivity contribution in [1.82, 2.24) is 31.2 Å². The largest absolute Gasteiger partial charge is 0.478 e. The minimum atomic E-state index is -1.82. The van der Waals surface area contributed by atoms with E-state index in [9.17, 15) is 48.6 Å². The topological polar surface area (TPSA) is 295 Å². The molecule has 0 aliphatic carbocycles. The molecule has 18 nitrogen and oxygen atoms in total. The van der Waals surface area contributed by atoms with Crippen LogP contribution >= 0.6 is 22.6 Å². The number of aromatic amines is 2. The van der Waals surface area contributed by atoms with Gasteiger partial charge in [-0.3, -0.25) is 33.8 Å². The smallest absolute Gasteiger partial charge is 0.335 e. The maximum atomic E-state index is 13.8. The van der Waals surface area contributed by atoms with Crippen molar-refractivity contribution in [2.45, 2.75) is 70.8 Å². The zero-order chi connectivity index (χ0) is 41.0. The van der Waals surface area contributed by atoms with E-state index in [0.29, 0.717) is 5.56 Å². The molecular formula is C36H45IN8O10. The molecule has 5 amide bonds. The zero-order valence-electron chi connectivity index (χ0n) is 30.5. The number of aliphatic hydroxyl groups excluding tert-OH is 1. The van der Waals surface area contributed by atoms with Gasteiger partial charge in [-0.25, -0.2) is 9.59 Å². The number of carbonyl (C=O) groups excluding carboxylic acids is 5. The number of hydrogen-bond donors (Lipinski definition) is 10. The fourth-order valence-corrected chi connectivity index (χ4v) is 5.81. The van der Waals surface area contributed by atoms with Gasteiger partial charge in [-0.2, -0.15) is 0 Å². The number of hydrogen-bond acceptors (Lipinski definition) is 10. The van der Waals surface area contributed by atoms with Crippen molar-refractivity contribution < 1.29 is 39.0 Å². The molecule has 0 saturated heterocycles. The number of halogens is 1. The lowest BCUT2D eigenvalue weighted by atomic mass is 9.97. The van der Waals surface area contributed by atoms with Crippen LogP contribution in [0.15, 0.2) is 64.2 Å². The number of aliphatic hydroxyl groups is 1. The number of benzene rings is 2. The number of nitrogens with one attached hydrogen (secondary N) is 7. The Balaban J connectivity index is 1.75. The molecule has 0 unspecified atom stereocenters. The van der Waals surface area contributed by atoms with Gasteiger partial charge in [-0.05, 0) is 71.0 Å². The number of amides is 5. The third kappa shape index (κ3) is 13.1. The standard InChI is InChI=1S/C36H45IN8O10/c1-17(2)13-24(42-33(51)26(18(3)4)43-29(47)22(38)16-39-32(50)27-25(37)31(49)45-36(55)44-27)30(48)41-23(14-19-9-6-5-7-10-19)28(46)34(52)40-21-12-8-11-20(15-21)35(53)54/h5-12,15,17-18,22-24,26,28,46H,13-14,16,38H2,1-4H3,(H,39,50)(H,40,52)(H,41,48)(H,42,51)(H,43,47)(H,53,54)(H2,44,45,49,55)/t22-,23-,24-,26-,28+/m0/s1. The van der Waals surface area contributed by atoms with Gasteiger partial charge in [0.05, 0.1) is 11.6 Å². The van der Waals surface area contributed by atoms with Crippen molar-refractivity contribution in [3.8, 4) is 0 Å². The van der Waals surface area contributed by atoms with E-state index in [1.165, 1.54) is 24.3 Å². The first-order chi connectivity index (χ1) is 25.9. The monoisotopic (exact) mass is 876 g/mol. The van der Waals surface area contributed by atoms with Crippen LogP contribution in [0.25, 0.3) is 0 Å². The molecule has 0 aliphatic rings. The quantitative estimate of drug-likeness (QED) is 0.0749. The fourth-order valence-electron chi connectivity index (χ4n) is 5.29. The first kappa shape index (κ1) is 44.0. The first-order valence-corrected chi connectivity index (χ1v) is 18.3. The summed E-state index contributed by atoms with van der Waals surface area (Å²) in [5, 5.41) is 33.3. The van der Waals surface area contributed by atoms with Gasteiger partial charge < -0.3 is 47.5 Å². The Morgan fingerprint density at radius 2 is 1.51 bits per heavy atom. The van der Waals surface area contributed by atoms with Crippen LogP contribution in [0.2, 0.25) is 0 Å². The zero-order valence-corrected chi connectivity index (χ0v) is 32.6. The molecule has 19 heteroatoms. The Morgan fingerprint density at radius 1 is 0.836 bits per heavy atom. The predicted octanol–water partition coefficient (Wildman–Crippen LogP) is -0.178. The molecule has 0 radical (unpaired) electrons. The highest BCUT2D eigenvalue weighted by molar-refractivity contribution is 14.1. The average Bonchev–Trinajstić information content (AvgIpc) is 3.13. The highest BCUT2D eigenvalue weighted by Gasteiger charge is 2.34. The summed E-state index contributed by atoms with van der Waals surface area (Å²) in [5.41, 5.74) is 4.70. The Hall–Kier alpha value is -5.41. The molecule has 1 aromatic heterocycles. The Labute approximate surface area is 329 Å². The summed E-state index contributed by atoms with van der Waals surface area (Å²) in [6.07, 6.45) is -1.68. The first-order valence-electron chi connectivity index (χ1n) is 17.2. The van der Waals surface area contributed by atoms with Gasteiger partial charge in [-0.15, -0.1) is 0 Å². The summed E-state index contributed by atoms with van der Waals surface area (Å²) < 4.78 is -0.0864. The molecule has 2 aromatic carbocycles. The minimum absolute atomic E-state index is 0.00772. The summed E-state index contributed by atoms with van der Waals surface area (Å²) in [4.78, 5) is 105. The van der Waals surface area contributed by atoms with E-state index < -0.39 is 89.5 Å². The van der Waals surface area contributed by atoms with Crippen LogP contribution in [0.3, 0.4) is 0 Å². The van der Waals surface area contributed by atoms with Crippen molar-refractivity contribution in [3.05, 3.63) is 95.8 Å². The maximum absolute atomic E-state index is 13.8. The molecule has 5 atom stereocenters. The number of carboxylic acid groups (broad SMARTS) is 1. The highest BCUT2D eigenvalue weighted by atomic mass is 127. The number of H-pyrrole nitrogens is 2. The van der Waals surface area contributed by atoms with Gasteiger partial charge in [0, 0.05) is 12.2 Å². The number of anilines is 1. The van der Waals surface area contributed by atoms with E-state index in [0.717, 1.165) is 0 Å². The van der Waals surface area contributed by atoms with E-state index in [1.54, 1.807) is 66.8 Å². The highest BCUT2D eigenvalue weighted by Crippen LogP contribution is 2.15. The van der Waals surface area contributed by atoms with Crippen LogP contribution in [0.1, 0.15) is 60.5 Å². The summed E-state index contributed by atoms with van der Waals surface area (Å²) in [6, 6.07) is 9.22. The molecule has 296 valence electrons. The Bertz CT molecular complexity index is 1980. The summed E-state index contributed by atoms with van der Waals surface area (Å²) in [5.74, 6) is -5.89. The molecule has 11 N–H and O–H groups in total. The molecule has 1 heterocycles. The molecule has 0 bridgehead atoms. The number of carboxylic acids is 1. The van der Waals surface area contributed by atoms with Gasteiger partial charge in [0.1, 0.15) is 27.4 Å². The second-order valence-electron chi connectivity index (χ2n) is 13.5. The molecule has 3 aromatic rings. The molecule has 0 spiro atoms. The Morgan fingerprint density at radius 3 is 2.13 bits per heavy atom. The average molecular weight is 877 g/mol. The lowest BCUT2D eigenvalue weighted by Crippen LogP contribution is -2.60. The van der Waals surface area contributed by atoms with Crippen LogP contribution in [0.5, 0.6) is 0 Å². The number of carbonyl (C=O) groups is 6. The molecule has 0 saturated carbocycles.